The van der Waals surface area contributed by atoms with Gasteiger partial charge in [0.15, 0.2) is 0 Å². The Bertz CT molecular complexity index is 1810. The standard InChI is InChI=1S/C41H46F2N4O4/c1-4-16-46(17-5-2)40(50)32-20-27(3)19-31(24-32)39(49)45-36(23-28-21-33(42)25-34(43)22-28)38(48)37-41(51)47(18-15-44-37)26-30-13-9-10-14-35(30)29-11-7-6-8-12-29/h6-14,19-22,24-25,36-38,44,48H,4-5,15-18,23,26H2,1-3H3,(H,45,49)/t36?,37?,38-/m0/s1. The predicted octanol–water partition coefficient (Wildman–Crippen LogP) is 5.91. The second-order valence-corrected chi connectivity index (χ2v) is 13.1. The average Bonchev–Trinajstić information content (AvgIpc) is 3.11. The van der Waals surface area contributed by atoms with Gasteiger partial charge in [-0.1, -0.05) is 68.4 Å². The molecule has 0 spiro atoms. The van der Waals surface area contributed by atoms with Crippen molar-refractivity contribution in [3.05, 3.63) is 130 Å². The molecule has 1 fully saturated rings. The van der Waals surface area contributed by atoms with Crippen molar-refractivity contribution in [2.24, 2.45) is 0 Å². The Labute approximate surface area is 298 Å². The van der Waals surface area contributed by atoms with Crippen LogP contribution in [0.1, 0.15) is 64.1 Å². The molecule has 1 saturated heterocycles. The quantitative estimate of drug-likeness (QED) is 0.152. The molecule has 5 rings (SSSR count). The van der Waals surface area contributed by atoms with Gasteiger partial charge in [0.1, 0.15) is 17.7 Å². The Hall–Kier alpha value is -4.93. The molecular formula is C41H46F2N4O4. The molecule has 1 aliphatic rings. The summed E-state index contributed by atoms with van der Waals surface area (Å²) in [5.74, 6) is -2.75. The van der Waals surface area contributed by atoms with Gasteiger partial charge < -0.3 is 25.5 Å². The van der Waals surface area contributed by atoms with Crippen molar-refractivity contribution in [3.63, 3.8) is 0 Å². The van der Waals surface area contributed by atoms with E-state index < -0.39 is 35.7 Å². The van der Waals surface area contributed by atoms with E-state index in [0.29, 0.717) is 43.9 Å². The van der Waals surface area contributed by atoms with Crippen molar-refractivity contribution >= 4 is 17.7 Å². The Balaban J connectivity index is 1.41. The van der Waals surface area contributed by atoms with Gasteiger partial charge in [-0.2, -0.15) is 0 Å². The fourth-order valence-corrected chi connectivity index (χ4v) is 6.74. The van der Waals surface area contributed by atoms with E-state index in [-0.39, 0.29) is 29.4 Å². The Morgan fingerprint density at radius 3 is 2.25 bits per heavy atom. The number of aliphatic hydroxyl groups excluding tert-OH is 1. The van der Waals surface area contributed by atoms with E-state index in [0.717, 1.165) is 47.7 Å². The first kappa shape index (κ1) is 37.3. The van der Waals surface area contributed by atoms with Crippen LogP contribution < -0.4 is 10.6 Å². The summed E-state index contributed by atoms with van der Waals surface area (Å²) in [4.78, 5) is 44.7. The number of rotatable bonds is 14. The summed E-state index contributed by atoms with van der Waals surface area (Å²) in [6, 6.07) is 23.4. The lowest BCUT2D eigenvalue weighted by Crippen LogP contribution is -2.63. The van der Waals surface area contributed by atoms with Crippen LogP contribution in [0.25, 0.3) is 11.1 Å². The first-order valence-electron chi connectivity index (χ1n) is 17.6. The minimum Gasteiger partial charge on any atom is -0.389 e. The van der Waals surface area contributed by atoms with E-state index in [1.807, 2.05) is 68.4 Å². The van der Waals surface area contributed by atoms with Gasteiger partial charge in [0.2, 0.25) is 5.91 Å². The maximum absolute atomic E-state index is 14.3. The van der Waals surface area contributed by atoms with Gasteiger partial charge in [-0.15, -0.1) is 0 Å². The van der Waals surface area contributed by atoms with Gasteiger partial charge in [0, 0.05) is 49.9 Å². The van der Waals surface area contributed by atoms with E-state index in [1.54, 1.807) is 28.9 Å². The monoisotopic (exact) mass is 696 g/mol. The van der Waals surface area contributed by atoms with Crippen LogP contribution in [0.2, 0.25) is 0 Å². The normalized spacial score (nSPS) is 15.7. The van der Waals surface area contributed by atoms with Gasteiger partial charge in [0.05, 0.1) is 12.1 Å². The molecule has 268 valence electrons. The van der Waals surface area contributed by atoms with Crippen LogP contribution in [-0.4, -0.2) is 77.0 Å². The third kappa shape index (κ3) is 9.45. The van der Waals surface area contributed by atoms with Crippen LogP contribution in [0.15, 0.2) is 91.0 Å². The number of aryl methyl sites for hydroxylation is 1. The molecule has 10 heteroatoms. The molecule has 8 nitrogen and oxygen atoms in total. The second-order valence-electron chi connectivity index (χ2n) is 13.1. The zero-order valence-corrected chi connectivity index (χ0v) is 29.4. The van der Waals surface area contributed by atoms with E-state index >= 15 is 0 Å². The number of amides is 3. The number of hydrogen-bond donors (Lipinski definition) is 3. The molecule has 1 aliphatic heterocycles. The SMILES string of the molecule is CCCN(CCC)C(=O)c1cc(C)cc(C(=O)NC(Cc2cc(F)cc(F)c2)[C@H](O)C2NCCN(Cc3ccccc3-c3ccccc3)C2=O)c1. The lowest BCUT2D eigenvalue weighted by molar-refractivity contribution is -0.140. The van der Waals surface area contributed by atoms with E-state index in [1.165, 1.54) is 6.07 Å². The van der Waals surface area contributed by atoms with Crippen molar-refractivity contribution in [1.82, 2.24) is 20.4 Å². The molecule has 0 aliphatic carbocycles. The lowest BCUT2D eigenvalue weighted by atomic mass is 9.93. The van der Waals surface area contributed by atoms with Gasteiger partial charge >= 0.3 is 0 Å². The zero-order chi connectivity index (χ0) is 36.5. The van der Waals surface area contributed by atoms with Crippen LogP contribution in [0.4, 0.5) is 8.78 Å². The lowest BCUT2D eigenvalue weighted by Gasteiger charge is -2.38. The third-order valence-electron chi connectivity index (χ3n) is 9.10. The van der Waals surface area contributed by atoms with Gasteiger partial charge in [-0.25, -0.2) is 8.78 Å². The molecular weight excluding hydrogens is 650 g/mol. The average molecular weight is 697 g/mol. The molecule has 2 unspecified atom stereocenters. The first-order chi connectivity index (χ1) is 24.6. The highest BCUT2D eigenvalue weighted by Gasteiger charge is 2.39. The molecule has 51 heavy (non-hydrogen) atoms. The highest BCUT2D eigenvalue weighted by atomic mass is 19.1. The van der Waals surface area contributed by atoms with E-state index in [2.05, 4.69) is 10.6 Å². The van der Waals surface area contributed by atoms with Crippen LogP contribution in [0, 0.1) is 18.6 Å². The van der Waals surface area contributed by atoms with Crippen LogP contribution in [0.3, 0.4) is 0 Å². The highest BCUT2D eigenvalue weighted by molar-refractivity contribution is 6.00. The Morgan fingerprint density at radius 2 is 1.57 bits per heavy atom. The minimum atomic E-state index is -1.48. The van der Waals surface area contributed by atoms with Crippen LogP contribution >= 0.6 is 0 Å². The number of carbonyl (C=O) groups is 3. The summed E-state index contributed by atoms with van der Waals surface area (Å²) in [6.45, 7) is 8.01. The largest absolute Gasteiger partial charge is 0.389 e. The Morgan fingerprint density at radius 1 is 0.922 bits per heavy atom. The zero-order valence-electron chi connectivity index (χ0n) is 29.4. The maximum atomic E-state index is 14.3. The number of hydrogen-bond acceptors (Lipinski definition) is 5. The molecule has 4 aromatic rings. The number of aliphatic hydroxyl groups is 1. The van der Waals surface area contributed by atoms with Crippen molar-refractivity contribution in [3.8, 4) is 11.1 Å². The predicted molar refractivity (Wildman–Crippen MR) is 194 cm³/mol. The highest BCUT2D eigenvalue weighted by Crippen LogP contribution is 2.26. The van der Waals surface area contributed by atoms with Crippen LogP contribution in [0.5, 0.6) is 0 Å². The van der Waals surface area contributed by atoms with Crippen molar-refractivity contribution < 1.29 is 28.3 Å². The fraction of sp³-hybridized carbons (Fsp3) is 0.341. The molecule has 3 atom stereocenters. The number of halogens is 2. The van der Waals surface area contributed by atoms with Gasteiger partial charge in [0.25, 0.3) is 11.8 Å². The van der Waals surface area contributed by atoms with E-state index in [9.17, 15) is 28.3 Å². The summed E-state index contributed by atoms with van der Waals surface area (Å²) in [5, 5.41) is 17.8. The van der Waals surface area contributed by atoms with E-state index in [4.69, 9.17) is 0 Å². The van der Waals surface area contributed by atoms with Crippen molar-refractivity contribution in [1.29, 1.82) is 0 Å². The fourth-order valence-electron chi connectivity index (χ4n) is 6.74. The molecule has 3 amide bonds. The summed E-state index contributed by atoms with van der Waals surface area (Å²) in [7, 11) is 0. The first-order valence-corrected chi connectivity index (χ1v) is 17.6. The number of nitrogens with zero attached hydrogens (tertiary/aromatic N) is 2. The summed E-state index contributed by atoms with van der Waals surface area (Å²) in [5.41, 5.74) is 4.39. The third-order valence-corrected chi connectivity index (χ3v) is 9.10. The minimum absolute atomic E-state index is 0.164. The molecule has 0 saturated carbocycles. The summed E-state index contributed by atoms with van der Waals surface area (Å²) < 4.78 is 28.6. The number of benzene rings is 4. The molecule has 3 N–H and O–H groups in total. The number of nitrogens with one attached hydrogen (secondary N) is 2. The van der Waals surface area contributed by atoms with Crippen LogP contribution in [-0.2, 0) is 17.8 Å². The summed E-state index contributed by atoms with van der Waals surface area (Å²) in [6.07, 6.45) is -0.0654. The second kappa shape index (κ2) is 17.3. The summed E-state index contributed by atoms with van der Waals surface area (Å²) >= 11 is 0. The smallest absolute Gasteiger partial charge is 0.253 e. The number of piperazine rings is 1. The van der Waals surface area contributed by atoms with Gasteiger partial charge in [-0.3, -0.25) is 14.4 Å². The molecule has 0 radical (unpaired) electrons. The number of carbonyl (C=O) groups excluding carboxylic acids is 3. The maximum Gasteiger partial charge on any atom is 0.253 e. The molecule has 0 aromatic heterocycles. The molecule has 1 heterocycles. The topological polar surface area (TPSA) is 102 Å². The molecule has 0 bridgehead atoms. The van der Waals surface area contributed by atoms with Crippen molar-refractivity contribution in [2.45, 2.75) is 64.8 Å². The van der Waals surface area contributed by atoms with Crippen molar-refractivity contribution in [2.75, 3.05) is 26.2 Å². The Kier molecular flexibility index (Phi) is 12.7. The van der Waals surface area contributed by atoms with Gasteiger partial charge in [-0.05, 0) is 84.3 Å². The molecule has 4 aromatic carbocycles.